The summed E-state index contributed by atoms with van der Waals surface area (Å²) in [7, 11) is 1.87. The monoisotopic (exact) mass is 290 g/mol. The van der Waals surface area contributed by atoms with Crippen LogP contribution in [0.25, 0.3) is 0 Å². The molecule has 0 radical (unpaired) electrons. The zero-order chi connectivity index (χ0) is 14.5. The number of anilines is 2. The molecule has 6 heteroatoms. The van der Waals surface area contributed by atoms with Gasteiger partial charge >= 0.3 is 0 Å². The van der Waals surface area contributed by atoms with Crippen LogP contribution in [0.3, 0.4) is 0 Å². The maximum Gasteiger partial charge on any atom is 0.175 e. The summed E-state index contributed by atoms with van der Waals surface area (Å²) in [6.45, 7) is 4.49. The van der Waals surface area contributed by atoms with Crippen molar-refractivity contribution in [3.8, 4) is 5.75 Å². The quantitative estimate of drug-likeness (QED) is 0.848. The summed E-state index contributed by atoms with van der Waals surface area (Å²) in [6.07, 6.45) is 1.89. The van der Waals surface area contributed by atoms with E-state index in [1.165, 1.54) is 0 Å². The van der Waals surface area contributed by atoms with Gasteiger partial charge in [0, 0.05) is 13.2 Å². The topological polar surface area (TPSA) is 51.1 Å². The second-order valence-electron chi connectivity index (χ2n) is 4.31. The number of ether oxygens (including phenoxy) is 1. The maximum atomic E-state index is 5.55. The first-order chi connectivity index (χ1) is 9.60. The van der Waals surface area contributed by atoms with Gasteiger partial charge in [-0.25, -0.2) is 0 Å². The number of nitrogens with zero attached hydrogens (tertiary/aromatic N) is 2. The van der Waals surface area contributed by atoms with Gasteiger partial charge in [-0.3, -0.25) is 4.68 Å². The van der Waals surface area contributed by atoms with E-state index in [0.717, 1.165) is 22.8 Å². The van der Waals surface area contributed by atoms with E-state index in [9.17, 15) is 0 Å². The van der Waals surface area contributed by atoms with Crippen molar-refractivity contribution in [2.75, 3.05) is 17.2 Å². The molecule has 20 heavy (non-hydrogen) atoms. The van der Waals surface area contributed by atoms with E-state index in [1.807, 2.05) is 51.4 Å². The Hall–Kier alpha value is -2.08. The number of rotatable bonds is 4. The molecule has 0 atom stereocenters. The lowest BCUT2D eigenvalue weighted by atomic mass is 10.3. The minimum absolute atomic E-state index is 0.508. The number of thiocarbonyl (C=S) groups is 1. The first kappa shape index (κ1) is 14.3. The van der Waals surface area contributed by atoms with E-state index >= 15 is 0 Å². The first-order valence-electron chi connectivity index (χ1n) is 6.40. The van der Waals surface area contributed by atoms with Gasteiger partial charge in [-0.15, -0.1) is 0 Å². The number of hydrogen-bond donors (Lipinski definition) is 2. The molecule has 0 saturated heterocycles. The SMILES string of the molecule is CCOc1ccccc1NC(=S)Nc1cn(C)nc1C. The normalized spacial score (nSPS) is 10.2. The van der Waals surface area contributed by atoms with E-state index in [-0.39, 0.29) is 0 Å². The van der Waals surface area contributed by atoms with Crippen LogP contribution in [0.5, 0.6) is 5.75 Å². The minimum Gasteiger partial charge on any atom is -0.492 e. The second-order valence-corrected chi connectivity index (χ2v) is 4.72. The minimum atomic E-state index is 0.508. The molecule has 0 aliphatic heterocycles. The average Bonchev–Trinajstić information content (AvgIpc) is 2.70. The molecule has 0 aliphatic rings. The molecule has 2 N–H and O–H groups in total. The van der Waals surface area contributed by atoms with E-state index in [1.54, 1.807) is 4.68 Å². The number of aromatic nitrogens is 2. The van der Waals surface area contributed by atoms with Crippen LogP contribution in [0.1, 0.15) is 12.6 Å². The Bertz CT molecular complexity index is 609. The fourth-order valence-corrected chi connectivity index (χ4v) is 2.07. The smallest absolute Gasteiger partial charge is 0.175 e. The summed E-state index contributed by atoms with van der Waals surface area (Å²) in [6, 6.07) is 7.69. The number of aryl methyl sites for hydroxylation is 2. The predicted molar refractivity (Wildman–Crippen MR) is 85.4 cm³/mol. The highest BCUT2D eigenvalue weighted by molar-refractivity contribution is 7.80. The molecule has 1 aromatic carbocycles. The molecule has 106 valence electrons. The highest BCUT2D eigenvalue weighted by Crippen LogP contribution is 2.24. The van der Waals surface area contributed by atoms with Gasteiger partial charge < -0.3 is 15.4 Å². The molecule has 1 aromatic heterocycles. The van der Waals surface area contributed by atoms with Gasteiger partial charge in [0.1, 0.15) is 5.75 Å². The number of benzene rings is 1. The van der Waals surface area contributed by atoms with Crippen LogP contribution >= 0.6 is 12.2 Å². The summed E-state index contributed by atoms with van der Waals surface area (Å²) in [5.41, 5.74) is 2.63. The lowest BCUT2D eigenvalue weighted by Crippen LogP contribution is -2.19. The summed E-state index contributed by atoms with van der Waals surface area (Å²) in [5, 5.41) is 11.0. The van der Waals surface area contributed by atoms with Crippen LogP contribution < -0.4 is 15.4 Å². The van der Waals surface area contributed by atoms with Crippen molar-refractivity contribution in [2.45, 2.75) is 13.8 Å². The molecule has 2 aromatic rings. The van der Waals surface area contributed by atoms with E-state index in [4.69, 9.17) is 17.0 Å². The van der Waals surface area contributed by atoms with Crippen molar-refractivity contribution >= 4 is 28.7 Å². The summed E-state index contributed by atoms with van der Waals surface area (Å²) in [4.78, 5) is 0. The van der Waals surface area contributed by atoms with Gasteiger partial charge in [0.25, 0.3) is 0 Å². The van der Waals surface area contributed by atoms with Crippen LogP contribution in [0.15, 0.2) is 30.5 Å². The van der Waals surface area contributed by atoms with Gasteiger partial charge in [0.15, 0.2) is 5.11 Å². The highest BCUT2D eigenvalue weighted by Gasteiger charge is 2.07. The van der Waals surface area contributed by atoms with Gasteiger partial charge in [-0.1, -0.05) is 12.1 Å². The fraction of sp³-hybridized carbons (Fsp3) is 0.286. The molecule has 0 fully saturated rings. The molecule has 0 saturated carbocycles. The predicted octanol–water partition coefficient (Wildman–Crippen LogP) is 2.94. The van der Waals surface area contributed by atoms with Crippen molar-refractivity contribution in [1.82, 2.24) is 9.78 Å². The summed E-state index contributed by atoms with van der Waals surface area (Å²) >= 11 is 5.32. The van der Waals surface area contributed by atoms with Crippen molar-refractivity contribution in [1.29, 1.82) is 0 Å². The summed E-state index contributed by atoms with van der Waals surface area (Å²) < 4.78 is 7.29. The van der Waals surface area contributed by atoms with E-state index in [2.05, 4.69) is 15.7 Å². The first-order valence-corrected chi connectivity index (χ1v) is 6.81. The molecule has 5 nitrogen and oxygen atoms in total. The number of hydrogen-bond acceptors (Lipinski definition) is 3. The average molecular weight is 290 g/mol. The molecule has 1 heterocycles. The van der Waals surface area contributed by atoms with Crippen molar-refractivity contribution in [3.63, 3.8) is 0 Å². The Morgan fingerprint density at radius 3 is 2.65 bits per heavy atom. The van der Waals surface area contributed by atoms with Crippen LogP contribution in [-0.2, 0) is 7.05 Å². The van der Waals surface area contributed by atoms with Crippen LogP contribution in [0, 0.1) is 6.92 Å². The van der Waals surface area contributed by atoms with E-state index in [0.29, 0.717) is 11.7 Å². The molecular weight excluding hydrogens is 272 g/mol. The van der Waals surface area contributed by atoms with Gasteiger partial charge in [-0.05, 0) is 38.2 Å². The number of nitrogens with one attached hydrogen (secondary N) is 2. The van der Waals surface area contributed by atoms with Gasteiger partial charge in [0.05, 0.1) is 23.7 Å². The third-order valence-electron chi connectivity index (χ3n) is 2.70. The van der Waals surface area contributed by atoms with Crippen LogP contribution in [0.4, 0.5) is 11.4 Å². The lowest BCUT2D eigenvalue weighted by molar-refractivity contribution is 0.342. The molecule has 0 aliphatic carbocycles. The van der Waals surface area contributed by atoms with Crippen LogP contribution in [0.2, 0.25) is 0 Å². The molecule has 0 unspecified atom stereocenters. The van der Waals surface area contributed by atoms with Crippen molar-refractivity contribution in [2.24, 2.45) is 7.05 Å². The Balaban J connectivity index is 2.06. The summed E-state index contributed by atoms with van der Waals surface area (Å²) in [5.74, 6) is 0.780. The number of para-hydroxylation sites is 2. The standard InChI is InChI=1S/C14H18N4OS/c1-4-19-13-8-6-5-7-11(13)15-14(20)16-12-9-18(3)17-10(12)2/h5-9H,4H2,1-3H3,(H2,15,16,20). The Morgan fingerprint density at radius 2 is 2.00 bits per heavy atom. The van der Waals surface area contributed by atoms with Crippen molar-refractivity contribution in [3.05, 3.63) is 36.2 Å². The zero-order valence-electron chi connectivity index (χ0n) is 11.8. The zero-order valence-corrected chi connectivity index (χ0v) is 12.6. The Morgan fingerprint density at radius 1 is 1.30 bits per heavy atom. The largest absolute Gasteiger partial charge is 0.492 e. The Kier molecular flexibility index (Phi) is 4.57. The molecule has 0 amide bonds. The molecule has 0 spiro atoms. The van der Waals surface area contributed by atoms with Crippen LogP contribution in [-0.4, -0.2) is 21.5 Å². The van der Waals surface area contributed by atoms with Crippen molar-refractivity contribution < 1.29 is 4.74 Å². The second kappa shape index (κ2) is 6.38. The highest BCUT2D eigenvalue weighted by atomic mass is 32.1. The van der Waals surface area contributed by atoms with E-state index < -0.39 is 0 Å². The lowest BCUT2D eigenvalue weighted by Gasteiger charge is -2.13. The maximum absolute atomic E-state index is 5.55. The fourth-order valence-electron chi connectivity index (χ4n) is 1.85. The van der Waals surface area contributed by atoms with Gasteiger partial charge in [0.2, 0.25) is 0 Å². The Labute approximate surface area is 123 Å². The molecular formula is C14H18N4OS. The third kappa shape index (κ3) is 3.48. The third-order valence-corrected chi connectivity index (χ3v) is 2.90. The van der Waals surface area contributed by atoms with Gasteiger partial charge in [-0.2, -0.15) is 5.10 Å². The molecule has 2 rings (SSSR count). The molecule has 0 bridgehead atoms.